The normalized spacial score (nSPS) is 13.6. The Morgan fingerprint density at radius 1 is 0.826 bits per heavy atom. The average molecular weight is 303 g/mol. The second-order valence-corrected chi connectivity index (χ2v) is 6.67. The van der Waals surface area contributed by atoms with Crippen molar-refractivity contribution in [2.75, 3.05) is 0 Å². The van der Waals surface area contributed by atoms with Gasteiger partial charge in [0.25, 0.3) is 0 Å². The van der Waals surface area contributed by atoms with Crippen molar-refractivity contribution in [1.82, 2.24) is 0 Å². The maximum Gasteiger partial charge on any atom is 0.0214 e. The van der Waals surface area contributed by atoms with Gasteiger partial charge in [0.1, 0.15) is 0 Å². The Morgan fingerprint density at radius 3 is 2.26 bits per heavy atom. The monoisotopic (exact) mass is 303 g/mol. The Hall–Kier alpha value is -1.82. The molecule has 1 radical (unpaired) electrons. The van der Waals surface area contributed by atoms with Gasteiger partial charge in [-0.05, 0) is 71.2 Å². The zero-order chi connectivity index (χ0) is 16.4. The molecule has 23 heavy (non-hydrogen) atoms. The number of fused-ring (bicyclic) bond motifs is 1. The third kappa shape index (κ3) is 2.87. The maximum absolute atomic E-state index is 2.39. The van der Waals surface area contributed by atoms with Crippen molar-refractivity contribution in [2.24, 2.45) is 0 Å². The van der Waals surface area contributed by atoms with E-state index in [1.54, 1.807) is 5.56 Å². The molecular weight excluding hydrogens is 276 g/mol. The van der Waals surface area contributed by atoms with E-state index in [2.05, 4.69) is 70.5 Å². The zero-order valence-electron chi connectivity index (χ0n) is 14.9. The molecule has 0 heteroatoms. The Balaban J connectivity index is 2.13. The molecule has 0 spiro atoms. The number of aryl methyl sites for hydroxylation is 2. The molecule has 1 aliphatic carbocycles. The second-order valence-electron chi connectivity index (χ2n) is 6.67. The summed E-state index contributed by atoms with van der Waals surface area (Å²) >= 11 is 0. The smallest absolute Gasteiger partial charge is 0.0214 e. The molecule has 0 saturated carbocycles. The van der Waals surface area contributed by atoms with Crippen molar-refractivity contribution in [3.05, 3.63) is 76.2 Å². The van der Waals surface area contributed by atoms with E-state index in [-0.39, 0.29) is 0 Å². The maximum atomic E-state index is 2.39. The van der Waals surface area contributed by atoms with Crippen LogP contribution < -0.4 is 0 Å². The van der Waals surface area contributed by atoms with Crippen LogP contribution in [0.4, 0.5) is 0 Å². The molecule has 0 fully saturated rings. The van der Waals surface area contributed by atoms with E-state index >= 15 is 0 Å². The molecule has 0 heterocycles. The van der Waals surface area contributed by atoms with Gasteiger partial charge >= 0.3 is 0 Å². The van der Waals surface area contributed by atoms with Gasteiger partial charge in [0.15, 0.2) is 0 Å². The molecule has 0 amide bonds. The topological polar surface area (TPSA) is 0 Å². The van der Waals surface area contributed by atoms with E-state index in [4.69, 9.17) is 0 Å². The molecule has 2 aromatic rings. The van der Waals surface area contributed by atoms with Gasteiger partial charge in [-0.1, -0.05) is 63.1 Å². The van der Waals surface area contributed by atoms with E-state index in [0.717, 1.165) is 0 Å². The first-order valence-corrected chi connectivity index (χ1v) is 8.94. The number of hydrogen-bond acceptors (Lipinski definition) is 0. The van der Waals surface area contributed by atoms with Gasteiger partial charge in [0.2, 0.25) is 0 Å². The van der Waals surface area contributed by atoms with Crippen LogP contribution in [0.1, 0.15) is 67.0 Å². The third-order valence-corrected chi connectivity index (χ3v) is 4.97. The molecule has 0 bridgehead atoms. The summed E-state index contributed by atoms with van der Waals surface area (Å²) < 4.78 is 0. The lowest BCUT2D eigenvalue weighted by molar-refractivity contribution is 0.858. The first kappa shape index (κ1) is 16.1. The van der Waals surface area contributed by atoms with Crippen LogP contribution in [0.5, 0.6) is 0 Å². The number of rotatable bonds is 5. The Morgan fingerprint density at radius 2 is 1.57 bits per heavy atom. The zero-order valence-corrected chi connectivity index (χ0v) is 14.9. The first-order chi connectivity index (χ1) is 11.2. The summed E-state index contributed by atoms with van der Waals surface area (Å²) in [7, 11) is 0. The minimum Gasteiger partial charge on any atom is -0.0651 e. The summed E-state index contributed by atoms with van der Waals surface area (Å²) in [4.78, 5) is 0. The number of benzene rings is 2. The Kier molecular flexibility index (Phi) is 4.71. The molecule has 3 rings (SSSR count). The molecule has 2 aromatic carbocycles. The SMILES string of the molecule is CCCc1cccc(C2=C(C)c3c(C)cccc3[CH]2)c1CCC. The largest absolute Gasteiger partial charge is 0.0651 e. The van der Waals surface area contributed by atoms with Crippen LogP contribution >= 0.6 is 0 Å². The van der Waals surface area contributed by atoms with Gasteiger partial charge in [-0.2, -0.15) is 0 Å². The minimum absolute atomic E-state index is 1.17. The first-order valence-electron chi connectivity index (χ1n) is 8.94. The van der Waals surface area contributed by atoms with Crippen LogP contribution in [0, 0.1) is 13.3 Å². The average Bonchev–Trinajstić information content (AvgIpc) is 2.88. The van der Waals surface area contributed by atoms with Crippen molar-refractivity contribution in [3.8, 4) is 0 Å². The summed E-state index contributed by atoms with van der Waals surface area (Å²) in [5.41, 5.74) is 11.6. The van der Waals surface area contributed by atoms with Crippen molar-refractivity contribution >= 4 is 11.1 Å². The lowest BCUT2D eigenvalue weighted by Gasteiger charge is -2.16. The highest BCUT2D eigenvalue weighted by atomic mass is 14.3. The fourth-order valence-corrected chi connectivity index (χ4v) is 3.94. The van der Waals surface area contributed by atoms with E-state index in [9.17, 15) is 0 Å². The molecule has 0 unspecified atom stereocenters. The van der Waals surface area contributed by atoms with Gasteiger partial charge in [-0.15, -0.1) is 0 Å². The Labute approximate surface area is 141 Å². The van der Waals surface area contributed by atoms with Gasteiger partial charge in [-0.3, -0.25) is 0 Å². The van der Waals surface area contributed by atoms with Crippen LogP contribution in [-0.2, 0) is 12.8 Å². The quantitative estimate of drug-likeness (QED) is 0.599. The number of hydrogen-bond donors (Lipinski definition) is 0. The predicted molar refractivity (Wildman–Crippen MR) is 102 cm³/mol. The van der Waals surface area contributed by atoms with E-state index in [1.807, 2.05) is 0 Å². The van der Waals surface area contributed by atoms with Crippen LogP contribution in [0.3, 0.4) is 0 Å². The molecular formula is C23H27. The van der Waals surface area contributed by atoms with E-state index in [0.29, 0.717) is 0 Å². The summed E-state index contributed by atoms with van der Waals surface area (Å²) in [6, 6.07) is 13.5. The molecule has 0 nitrogen and oxygen atoms in total. The van der Waals surface area contributed by atoms with Crippen molar-refractivity contribution in [3.63, 3.8) is 0 Å². The fourth-order valence-electron chi connectivity index (χ4n) is 3.94. The van der Waals surface area contributed by atoms with Crippen LogP contribution in [0.25, 0.3) is 11.1 Å². The van der Waals surface area contributed by atoms with E-state index < -0.39 is 0 Å². The molecule has 119 valence electrons. The predicted octanol–water partition coefficient (Wildman–Crippen LogP) is 6.40. The molecule has 0 aromatic heterocycles. The second kappa shape index (κ2) is 6.74. The summed E-state index contributed by atoms with van der Waals surface area (Å²) in [5.74, 6) is 0. The summed E-state index contributed by atoms with van der Waals surface area (Å²) in [6.45, 7) is 9.06. The highest BCUT2D eigenvalue weighted by molar-refractivity contribution is 6.02. The molecule has 0 aliphatic heterocycles. The minimum atomic E-state index is 1.17. The summed E-state index contributed by atoms with van der Waals surface area (Å²) in [6.07, 6.45) is 7.15. The standard InChI is InChI=1S/C23H27/c1-5-9-18-12-8-14-21(20(18)10-6-2)22-15-19-13-7-11-16(3)23(19)17(22)4/h7-8,11-15H,5-6,9-10H2,1-4H3. The van der Waals surface area contributed by atoms with Crippen LogP contribution in [0.15, 0.2) is 36.4 Å². The van der Waals surface area contributed by atoms with Gasteiger partial charge in [-0.25, -0.2) is 0 Å². The van der Waals surface area contributed by atoms with Crippen molar-refractivity contribution in [1.29, 1.82) is 0 Å². The number of allylic oxidation sites excluding steroid dienone is 2. The van der Waals surface area contributed by atoms with Gasteiger partial charge in [0, 0.05) is 6.42 Å². The molecule has 0 N–H and O–H groups in total. The lowest BCUT2D eigenvalue weighted by Crippen LogP contribution is -2.00. The van der Waals surface area contributed by atoms with E-state index in [1.165, 1.54) is 64.6 Å². The highest BCUT2D eigenvalue weighted by Gasteiger charge is 2.23. The van der Waals surface area contributed by atoms with Crippen molar-refractivity contribution in [2.45, 2.75) is 53.4 Å². The van der Waals surface area contributed by atoms with Gasteiger partial charge in [0.05, 0.1) is 0 Å². The highest BCUT2D eigenvalue weighted by Crippen LogP contribution is 2.42. The van der Waals surface area contributed by atoms with Crippen LogP contribution in [-0.4, -0.2) is 0 Å². The third-order valence-electron chi connectivity index (χ3n) is 4.97. The molecule has 0 saturated heterocycles. The lowest BCUT2D eigenvalue weighted by atomic mass is 9.89. The molecule has 0 atom stereocenters. The molecule has 1 aliphatic rings. The summed E-state index contributed by atoms with van der Waals surface area (Å²) in [5, 5.41) is 0. The van der Waals surface area contributed by atoms with Crippen molar-refractivity contribution < 1.29 is 0 Å². The van der Waals surface area contributed by atoms with Gasteiger partial charge < -0.3 is 0 Å². The fraction of sp³-hybridized carbons (Fsp3) is 0.348. The van der Waals surface area contributed by atoms with Crippen LogP contribution in [0.2, 0.25) is 0 Å². The Bertz CT molecular complexity index is 747.